The lowest BCUT2D eigenvalue weighted by molar-refractivity contribution is -0.138. The molecule has 0 saturated carbocycles. The van der Waals surface area contributed by atoms with Gasteiger partial charge in [-0.2, -0.15) is 0 Å². The van der Waals surface area contributed by atoms with Crippen molar-refractivity contribution >= 4 is 17.9 Å². The molecule has 3 amide bonds. The molecule has 0 aromatic carbocycles. The van der Waals surface area contributed by atoms with E-state index in [0.29, 0.717) is 39.1 Å². The van der Waals surface area contributed by atoms with Crippen LogP contribution >= 0.6 is 0 Å². The number of urea groups is 1. The van der Waals surface area contributed by atoms with Crippen molar-refractivity contribution in [1.29, 1.82) is 0 Å². The second kappa shape index (κ2) is 8.36. The van der Waals surface area contributed by atoms with Gasteiger partial charge in [-0.1, -0.05) is 0 Å². The lowest BCUT2D eigenvalue weighted by Gasteiger charge is -2.21. The fourth-order valence-corrected chi connectivity index (χ4v) is 2.09. The zero-order valence-corrected chi connectivity index (χ0v) is 11.5. The Morgan fingerprint density at radius 3 is 2.55 bits per heavy atom. The van der Waals surface area contributed by atoms with Gasteiger partial charge in [0, 0.05) is 39.1 Å². The summed E-state index contributed by atoms with van der Waals surface area (Å²) < 4.78 is 0. The fraction of sp³-hybridized carbons (Fsp3) is 0.750. The summed E-state index contributed by atoms with van der Waals surface area (Å²) in [6.45, 7) is 2.77. The van der Waals surface area contributed by atoms with E-state index in [1.807, 2.05) is 4.90 Å². The van der Waals surface area contributed by atoms with Crippen LogP contribution in [0.5, 0.6) is 0 Å². The Kier molecular flexibility index (Phi) is 6.78. The topological polar surface area (TPSA) is 116 Å². The highest BCUT2D eigenvalue weighted by Crippen LogP contribution is 2.03. The van der Waals surface area contributed by atoms with Crippen LogP contribution in [0.4, 0.5) is 4.79 Å². The molecule has 0 aromatic rings. The molecule has 0 unspecified atom stereocenters. The van der Waals surface area contributed by atoms with Gasteiger partial charge in [0.05, 0.1) is 6.54 Å². The van der Waals surface area contributed by atoms with Crippen LogP contribution in [0.3, 0.4) is 0 Å². The van der Waals surface area contributed by atoms with E-state index in [1.54, 1.807) is 4.90 Å². The van der Waals surface area contributed by atoms with Crippen molar-refractivity contribution in [3.05, 3.63) is 0 Å². The number of nitrogens with one attached hydrogen (secondary N) is 1. The quantitative estimate of drug-likeness (QED) is 0.545. The zero-order valence-electron chi connectivity index (χ0n) is 11.5. The number of hydrogen-bond acceptors (Lipinski definition) is 4. The van der Waals surface area contributed by atoms with Gasteiger partial charge in [-0.05, 0) is 12.8 Å². The highest BCUT2D eigenvalue weighted by Gasteiger charge is 2.19. The summed E-state index contributed by atoms with van der Waals surface area (Å²) in [5, 5.41) is 11.5. The van der Waals surface area contributed by atoms with Crippen molar-refractivity contribution in [3.8, 4) is 0 Å². The fourth-order valence-electron chi connectivity index (χ4n) is 2.09. The number of carboxylic acid groups (broad SMARTS) is 1. The van der Waals surface area contributed by atoms with Crippen molar-refractivity contribution in [2.45, 2.75) is 19.3 Å². The average Bonchev–Trinajstić information content (AvgIpc) is 2.59. The van der Waals surface area contributed by atoms with Gasteiger partial charge < -0.3 is 21.1 Å². The number of carbonyl (C=O) groups is 3. The molecule has 0 spiro atoms. The second-order valence-electron chi connectivity index (χ2n) is 4.81. The monoisotopic (exact) mass is 286 g/mol. The first-order chi connectivity index (χ1) is 9.49. The summed E-state index contributed by atoms with van der Waals surface area (Å²) in [7, 11) is 0. The van der Waals surface area contributed by atoms with Crippen molar-refractivity contribution in [3.63, 3.8) is 0 Å². The Hall–Kier alpha value is -1.83. The van der Waals surface area contributed by atoms with Crippen LogP contribution in [0.25, 0.3) is 0 Å². The molecule has 1 heterocycles. The van der Waals surface area contributed by atoms with Crippen LogP contribution in [-0.2, 0) is 9.59 Å². The number of carbonyl (C=O) groups excluding carboxylic acids is 2. The third kappa shape index (κ3) is 6.37. The molecule has 4 N–H and O–H groups in total. The third-order valence-corrected chi connectivity index (χ3v) is 3.11. The Morgan fingerprint density at radius 2 is 1.90 bits per heavy atom. The number of nitrogens with two attached hydrogens (primary N) is 1. The first-order valence-electron chi connectivity index (χ1n) is 6.74. The van der Waals surface area contributed by atoms with Crippen molar-refractivity contribution in [2.24, 2.45) is 5.73 Å². The van der Waals surface area contributed by atoms with Crippen LogP contribution in [0.2, 0.25) is 0 Å². The van der Waals surface area contributed by atoms with Gasteiger partial charge in [-0.15, -0.1) is 0 Å². The maximum atomic E-state index is 11.9. The summed E-state index contributed by atoms with van der Waals surface area (Å²) in [5.74, 6) is -1.23. The number of rotatable bonds is 6. The zero-order chi connectivity index (χ0) is 15.0. The molecule has 0 radical (unpaired) electrons. The van der Waals surface area contributed by atoms with E-state index in [-0.39, 0.29) is 24.9 Å². The highest BCUT2D eigenvalue weighted by atomic mass is 16.4. The van der Waals surface area contributed by atoms with E-state index in [2.05, 4.69) is 5.32 Å². The SMILES string of the molecule is NC(=O)CCCNC(=O)N1CCCN(CC(=O)O)CC1. The number of aliphatic carboxylic acids is 1. The van der Waals surface area contributed by atoms with Crippen LogP contribution in [-0.4, -0.2) is 72.1 Å². The summed E-state index contributed by atoms with van der Waals surface area (Å²) in [6, 6.07) is -0.174. The first-order valence-corrected chi connectivity index (χ1v) is 6.74. The molecule has 0 aromatic heterocycles. The van der Waals surface area contributed by atoms with Gasteiger partial charge in [0.1, 0.15) is 0 Å². The maximum Gasteiger partial charge on any atom is 0.317 e. The number of amides is 3. The molecule has 1 rings (SSSR count). The predicted octanol–water partition coefficient (Wildman–Crippen LogP) is -0.946. The number of primary amides is 1. The van der Waals surface area contributed by atoms with Crippen LogP contribution in [0.1, 0.15) is 19.3 Å². The molecule has 1 saturated heterocycles. The second-order valence-corrected chi connectivity index (χ2v) is 4.81. The molecule has 8 heteroatoms. The van der Waals surface area contributed by atoms with Crippen molar-refractivity contribution < 1.29 is 19.5 Å². The van der Waals surface area contributed by atoms with E-state index >= 15 is 0 Å². The summed E-state index contributed by atoms with van der Waals surface area (Å²) in [5.41, 5.74) is 5.01. The van der Waals surface area contributed by atoms with Gasteiger partial charge in [0.2, 0.25) is 5.91 Å². The van der Waals surface area contributed by atoms with E-state index in [4.69, 9.17) is 10.8 Å². The lowest BCUT2D eigenvalue weighted by atomic mass is 10.3. The number of carboxylic acids is 1. The van der Waals surface area contributed by atoms with Crippen LogP contribution < -0.4 is 11.1 Å². The van der Waals surface area contributed by atoms with Gasteiger partial charge >= 0.3 is 12.0 Å². The third-order valence-electron chi connectivity index (χ3n) is 3.11. The number of hydrogen-bond donors (Lipinski definition) is 3. The molecule has 1 aliphatic rings. The molecular formula is C12H22N4O4. The minimum atomic E-state index is -0.852. The van der Waals surface area contributed by atoms with Gasteiger partial charge in [-0.3, -0.25) is 14.5 Å². The number of nitrogens with zero attached hydrogens (tertiary/aromatic N) is 2. The van der Waals surface area contributed by atoms with Gasteiger partial charge in [0.15, 0.2) is 0 Å². The predicted molar refractivity (Wildman–Crippen MR) is 72.1 cm³/mol. The Balaban J connectivity index is 2.27. The lowest BCUT2D eigenvalue weighted by Crippen LogP contribution is -2.42. The Bertz CT molecular complexity index is 361. The highest BCUT2D eigenvalue weighted by molar-refractivity contribution is 5.75. The summed E-state index contributed by atoms with van der Waals surface area (Å²) in [4.78, 5) is 36.6. The van der Waals surface area contributed by atoms with Gasteiger partial charge in [0.25, 0.3) is 0 Å². The van der Waals surface area contributed by atoms with E-state index in [9.17, 15) is 14.4 Å². The normalized spacial score (nSPS) is 16.5. The minimum absolute atomic E-state index is 0.00801. The Morgan fingerprint density at radius 1 is 1.15 bits per heavy atom. The standard InChI is InChI=1S/C12H22N4O4/c13-10(17)3-1-4-14-12(20)16-6-2-5-15(7-8-16)9-11(18)19/h1-9H2,(H2,13,17)(H,14,20)(H,18,19). The molecule has 0 bridgehead atoms. The van der Waals surface area contributed by atoms with Crippen molar-refractivity contribution in [2.75, 3.05) is 39.3 Å². The molecule has 20 heavy (non-hydrogen) atoms. The molecule has 114 valence electrons. The summed E-state index contributed by atoms with van der Waals surface area (Å²) in [6.07, 6.45) is 1.54. The minimum Gasteiger partial charge on any atom is -0.480 e. The molecular weight excluding hydrogens is 264 g/mol. The van der Waals surface area contributed by atoms with Gasteiger partial charge in [-0.25, -0.2) is 4.79 Å². The first kappa shape index (κ1) is 16.2. The average molecular weight is 286 g/mol. The molecule has 0 atom stereocenters. The smallest absolute Gasteiger partial charge is 0.317 e. The molecule has 1 fully saturated rings. The molecule has 0 aliphatic carbocycles. The Labute approximate surface area is 117 Å². The molecule has 8 nitrogen and oxygen atoms in total. The summed E-state index contributed by atoms with van der Waals surface area (Å²) >= 11 is 0. The van der Waals surface area contributed by atoms with Crippen LogP contribution in [0, 0.1) is 0 Å². The van der Waals surface area contributed by atoms with Crippen molar-refractivity contribution in [1.82, 2.24) is 15.1 Å². The van der Waals surface area contributed by atoms with E-state index < -0.39 is 5.97 Å². The largest absolute Gasteiger partial charge is 0.480 e. The van der Waals surface area contributed by atoms with E-state index in [1.165, 1.54) is 0 Å². The van der Waals surface area contributed by atoms with Crippen LogP contribution in [0.15, 0.2) is 0 Å². The van der Waals surface area contributed by atoms with E-state index in [0.717, 1.165) is 6.42 Å². The maximum absolute atomic E-state index is 11.9. The molecule has 1 aliphatic heterocycles.